The molecule has 16 heteroatoms. The Balaban J connectivity index is 1.51. The number of thioether (sulfide) groups is 2. The fourth-order valence-corrected chi connectivity index (χ4v) is 6.41. The Hall–Kier alpha value is -4.06. The van der Waals surface area contributed by atoms with Crippen LogP contribution in [-0.4, -0.2) is 59.2 Å². The largest absolute Gasteiger partial charge is 0.325 e. The molecule has 0 atom stereocenters. The summed E-state index contributed by atoms with van der Waals surface area (Å²) in [6.07, 6.45) is 5.61. The van der Waals surface area contributed by atoms with Gasteiger partial charge in [0.1, 0.15) is 9.79 Å². The average Bonchev–Trinajstić information content (AvgIpc) is 2.99. The third-order valence-electron chi connectivity index (χ3n) is 5.57. The highest BCUT2D eigenvalue weighted by Gasteiger charge is 2.18. The van der Waals surface area contributed by atoms with Crippen LogP contribution in [0.4, 0.5) is 11.4 Å². The van der Waals surface area contributed by atoms with Crippen molar-refractivity contribution < 1.29 is 35.5 Å². The molecular formula is C28H24N4O8S4. The van der Waals surface area contributed by atoms with Gasteiger partial charge in [-0.2, -0.15) is 16.8 Å². The van der Waals surface area contributed by atoms with Crippen LogP contribution in [0.15, 0.2) is 105 Å². The Labute approximate surface area is 261 Å². The monoisotopic (exact) mass is 672 g/mol. The Kier molecular flexibility index (Phi) is 10.9. The van der Waals surface area contributed by atoms with E-state index in [1.54, 1.807) is 48.8 Å². The molecule has 12 nitrogen and oxygen atoms in total. The smallest absolute Gasteiger partial charge is 0.295 e. The number of rotatable bonds is 12. The molecule has 0 fully saturated rings. The van der Waals surface area contributed by atoms with E-state index in [0.717, 1.165) is 12.1 Å². The normalized spacial score (nSPS) is 11.8. The molecule has 2 amide bonds. The number of anilines is 2. The highest BCUT2D eigenvalue weighted by molar-refractivity contribution is 8.00. The lowest BCUT2D eigenvalue weighted by atomic mass is 10.1. The quantitative estimate of drug-likeness (QED) is 0.0930. The van der Waals surface area contributed by atoms with Crippen LogP contribution in [0.25, 0.3) is 12.2 Å². The summed E-state index contributed by atoms with van der Waals surface area (Å²) >= 11 is 2.35. The van der Waals surface area contributed by atoms with E-state index in [4.69, 9.17) is 0 Å². The van der Waals surface area contributed by atoms with E-state index in [9.17, 15) is 35.5 Å². The van der Waals surface area contributed by atoms with Gasteiger partial charge in [-0.25, -0.2) is 9.97 Å². The fraction of sp³-hybridized carbons (Fsp3) is 0.0714. The van der Waals surface area contributed by atoms with Crippen molar-refractivity contribution in [1.29, 1.82) is 0 Å². The van der Waals surface area contributed by atoms with Gasteiger partial charge in [-0.3, -0.25) is 18.7 Å². The average molecular weight is 673 g/mol. The van der Waals surface area contributed by atoms with E-state index >= 15 is 0 Å². The molecule has 0 spiro atoms. The lowest BCUT2D eigenvalue weighted by Gasteiger charge is -2.10. The van der Waals surface area contributed by atoms with Gasteiger partial charge < -0.3 is 10.6 Å². The van der Waals surface area contributed by atoms with Gasteiger partial charge >= 0.3 is 0 Å². The number of benzene rings is 2. The van der Waals surface area contributed by atoms with Gasteiger partial charge in [0.2, 0.25) is 11.8 Å². The second kappa shape index (κ2) is 14.6. The van der Waals surface area contributed by atoms with Crippen molar-refractivity contribution in [2.45, 2.75) is 19.8 Å². The van der Waals surface area contributed by atoms with Gasteiger partial charge in [0.25, 0.3) is 20.2 Å². The summed E-state index contributed by atoms with van der Waals surface area (Å²) in [6, 6.07) is 18.0. The minimum Gasteiger partial charge on any atom is -0.325 e. The second-order valence-corrected chi connectivity index (χ2v) is 13.6. The summed E-state index contributed by atoms with van der Waals surface area (Å²) in [6.45, 7) is 0. The van der Waals surface area contributed by atoms with Crippen LogP contribution >= 0.6 is 23.5 Å². The number of amides is 2. The molecule has 0 bridgehead atoms. The van der Waals surface area contributed by atoms with Crippen LogP contribution in [0.3, 0.4) is 0 Å². The molecular weight excluding hydrogens is 649 g/mol. The molecule has 0 radical (unpaired) electrons. The third kappa shape index (κ3) is 9.73. The highest BCUT2D eigenvalue weighted by atomic mass is 32.2. The van der Waals surface area contributed by atoms with Crippen molar-refractivity contribution in [2.24, 2.45) is 0 Å². The first-order valence-electron chi connectivity index (χ1n) is 12.5. The number of carbonyl (C=O) groups excluding carboxylic acids is 2. The van der Waals surface area contributed by atoms with Crippen LogP contribution in [0.1, 0.15) is 11.1 Å². The van der Waals surface area contributed by atoms with Crippen molar-refractivity contribution in [3.63, 3.8) is 0 Å². The molecule has 0 saturated heterocycles. The Morgan fingerprint density at radius 2 is 1.07 bits per heavy atom. The molecule has 44 heavy (non-hydrogen) atoms. The van der Waals surface area contributed by atoms with Gasteiger partial charge in [-0.1, -0.05) is 59.9 Å². The van der Waals surface area contributed by atoms with Gasteiger partial charge in [0.05, 0.1) is 21.6 Å². The van der Waals surface area contributed by atoms with E-state index < -0.39 is 41.8 Å². The van der Waals surface area contributed by atoms with Crippen LogP contribution < -0.4 is 10.6 Å². The number of nitrogens with one attached hydrogen (secondary N) is 2. The predicted molar refractivity (Wildman–Crippen MR) is 169 cm³/mol. The zero-order valence-corrected chi connectivity index (χ0v) is 25.8. The number of aromatic nitrogens is 2. The molecule has 0 saturated carbocycles. The summed E-state index contributed by atoms with van der Waals surface area (Å²) in [5.41, 5.74) is 0.139. The first-order chi connectivity index (χ1) is 20.9. The van der Waals surface area contributed by atoms with E-state index in [2.05, 4.69) is 20.6 Å². The van der Waals surface area contributed by atoms with Crippen molar-refractivity contribution in [3.05, 3.63) is 96.3 Å². The van der Waals surface area contributed by atoms with Crippen LogP contribution in [0.5, 0.6) is 0 Å². The minimum atomic E-state index is -4.78. The third-order valence-corrected chi connectivity index (χ3v) is 9.28. The molecule has 0 aliphatic rings. The lowest BCUT2D eigenvalue weighted by molar-refractivity contribution is -0.114. The maximum atomic E-state index is 12.4. The summed E-state index contributed by atoms with van der Waals surface area (Å²) < 4.78 is 68.2. The molecule has 228 valence electrons. The molecule has 2 heterocycles. The lowest BCUT2D eigenvalue weighted by Crippen LogP contribution is -2.15. The van der Waals surface area contributed by atoms with Gasteiger partial charge in [0.15, 0.2) is 0 Å². The van der Waals surface area contributed by atoms with Crippen molar-refractivity contribution >= 4 is 79.1 Å². The Morgan fingerprint density at radius 1 is 0.659 bits per heavy atom. The number of hydrogen-bond acceptors (Lipinski definition) is 10. The predicted octanol–water partition coefficient (Wildman–Crippen LogP) is 4.60. The van der Waals surface area contributed by atoms with E-state index in [1.807, 2.05) is 0 Å². The summed E-state index contributed by atoms with van der Waals surface area (Å²) in [5, 5.41) is 6.36. The zero-order chi connectivity index (χ0) is 31.7. The zero-order valence-electron chi connectivity index (χ0n) is 22.5. The highest BCUT2D eigenvalue weighted by Crippen LogP contribution is 2.27. The van der Waals surface area contributed by atoms with Gasteiger partial charge in [-0.05, 0) is 59.7 Å². The summed E-state index contributed by atoms with van der Waals surface area (Å²) in [7, 11) is -9.55. The second-order valence-electron chi connectivity index (χ2n) is 8.80. The molecule has 2 aromatic carbocycles. The molecule has 0 aliphatic heterocycles. The molecule has 2 aromatic heterocycles. The van der Waals surface area contributed by atoms with E-state index in [1.165, 1.54) is 59.9 Å². The van der Waals surface area contributed by atoms with Gasteiger partial charge in [-0.15, -0.1) is 0 Å². The van der Waals surface area contributed by atoms with Crippen molar-refractivity contribution in [2.75, 3.05) is 22.1 Å². The maximum Gasteiger partial charge on any atom is 0.295 e. The van der Waals surface area contributed by atoms with E-state index in [-0.39, 0.29) is 34.0 Å². The molecule has 4 rings (SSSR count). The first-order valence-corrected chi connectivity index (χ1v) is 17.3. The summed E-state index contributed by atoms with van der Waals surface area (Å²) in [4.78, 5) is 31.9. The van der Waals surface area contributed by atoms with Crippen molar-refractivity contribution in [3.8, 4) is 0 Å². The first kappa shape index (κ1) is 32.8. The minimum absolute atomic E-state index is 0.00218. The van der Waals surface area contributed by atoms with Crippen LogP contribution in [0.2, 0.25) is 0 Å². The topological polar surface area (TPSA) is 193 Å². The Morgan fingerprint density at radius 3 is 1.41 bits per heavy atom. The van der Waals surface area contributed by atoms with Crippen LogP contribution in [-0.2, 0) is 29.8 Å². The Bertz CT molecular complexity index is 1770. The maximum absolute atomic E-state index is 12.4. The van der Waals surface area contributed by atoms with Gasteiger partial charge in [0, 0.05) is 23.8 Å². The molecule has 0 unspecified atom stereocenters. The number of nitrogens with zero attached hydrogens (tertiary/aromatic N) is 2. The number of hydrogen-bond donors (Lipinski definition) is 4. The number of carbonyl (C=O) groups is 2. The SMILES string of the molecule is O=C(CSc1ccccn1)Nc1ccc(/C=C/c2ccc(NC(=O)CSc3ccccn3)cc2S(=O)(=O)O)c(S(=O)(=O)O)c1. The standard InChI is InChI=1S/C28H24N4O8S4/c33-25(17-41-27-5-1-3-13-29-27)31-21-11-9-19(23(15-21)43(35,36)37)7-8-20-10-12-22(16-24(20)44(38,39)40)32-26(34)18-42-28-6-2-4-14-30-28/h1-16H,17-18H2,(H,31,33)(H,32,34)(H,35,36,37)(H,38,39,40)/b8-7+. The number of pyridine rings is 2. The molecule has 0 aliphatic carbocycles. The molecule has 4 N–H and O–H groups in total. The summed E-state index contributed by atoms with van der Waals surface area (Å²) in [5.74, 6) is -0.883. The van der Waals surface area contributed by atoms with Crippen LogP contribution in [0, 0.1) is 0 Å². The van der Waals surface area contributed by atoms with E-state index in [0.29, 0.717) is 10.1 Å². The van der Waals surface area contributed by atoms with Crippen molar-refractivity contribution in [1.82, 2.24) is 9.97 Å². The fourth-order valence-electron chi connectivity index (χ4n) is 3.66. The molecule has 4 aromatic rings.